The van der Waals surface area contributed by atoms with Crippen molar-refractivity contribution in [2.75, 3.05) is 0 Å². The van der Waals surface area contributed by atoms with Crippen LogP contribution in [0.15, 0.2) is 0 Å². The van der Waals surface area contributed by atoms with E-state index in [-0.39, 0.29) is 12.2 Å². The van der Waals surface area contributed by atoms with E-state index >= 15 is 0 Å². The van der Waals surface area contributed by atoms with Gasteiger partial charge in [-0.1, -0.05) is 26.7 Å². The van der Waals surface area contributed by atoms with Crippen molar-refractivity contribution in [1.82, 2.24) is 10.2 Å². The average Bonchev–Trinajstić information content (AvgIpc) is 2.81. The zero-order valence-corrected chi connectivity index (χ0v) is 11.4. The van der Waals surface area contributed by atoms with E-state index in [2.05, 4.69) is 31.0 Å². The zero-order valence-electron chi connectivity index (χ0n) is 11.4. The largest absolute Gasteiger partial charge is 0.323 e. The van der Waals surface area contributed by atoms with Crippen molar-refractivity contribution in [2.45, 2.75) is 77.5 Å². The Morgan fingerprint density at radius 1 is 1.35 bits per heavy atom. The molecule has 1 aliphatic carbocycles. The van der Waals surface area contributed by atoms with Crippen LogP contribution < -0.4 is 5.32 Å². The summed E-state index contributed by atoms with van der Waals surface area (Å²) < 4.78 is 0. The van der Waals surface area contributed by atoms with Gasteiger partial charge in [-0.3, -0.25) is 10.1 Å². The second-order valence-electron chi connectivity index (χ2n) is 5.86. The number of nitrogens with one attached hydrogen (secondary N) is 1. The summed E-state index contributed by atoms with van der Waals surface area (Å²) in [7, 11) is 0. The number of carbonyl (C=O) groups is 1. The first-order valence-electron chi connectivity index (χ1n) is 7.21. The molecular formula is C14H26N2O. The maximum atomic E-state index is 12.4. The number of hydrogen-bond acceptors (Lipinski definition) is 2. The van der Waals surface area contributed by atoms with Crippen molar-refractivity contribution in [3.05, 3.63) is 0 Å². The molecule has 98 valence electrons. The zero-order chi connectivity index (χ0) is 12.4. The number of carbonyl (C=O) groups excluding carboxylic acids is 1. The van der Waals surface area contributed by atoms with Crippen molar-refractivity contribution in [1.29, 1.82) is 0 Å². The molecule has 0 radical (unpaired) electrons. The molecule has 3 nitrogen and oxygen atoms in total. The Labute approximate surface area is 105 Å². The number of nitrogens with zero attached hydrogens (tertiary/aromatic N) is 1. The fourth-order valence-corrected chi connectivity index (χ4v) is 3.35. The van der Waals surface area contributed by atoms with Gasteiger partial charge in [-0.2, -0.15) is 0 Å². The molecule has 4 unspecified atom stereocenters. The molecule has 17 heavy (non-hydrogen) atoms. The molecule has 3 heteroatoms. The molecule has 0 bridgehead atoms. The van der Waals surface area contributed by atoms with E-state index in [1.807, 2.05) is 0 Å². The maximum Gasteiger partial charge on any atom is 0.241 e. The third kappa shape index (κ3) is 2.65. The highest BCUT2D eigenvalue weighted by atomic mass is 16.2. The van der Waals surface area contributed by atoms with Gasteiger partial charge in [0, 0.05) is 6.04 Å². The van der Waals surface area contributed by atoms with Crippen molar-refractivity contribution in [3.63, 3.8) is 0 Å². The minimum absolute atomic E-state index is 0.0841. The SMILES string of the molecule is CCCCC1NC(C)N(C2CCC(C)C2)C1=O. The van der Waals surface area contributed by atoms with Gasteiger partial charge in [0.2, 0.25) is 5.91 Å². The van der Waals surface area contributed by atoms with Crippen molar-refractivity contribution in [2.24, 2.45) is 5.92 Å². The van der Waals surface area contributed by atoms with E-state index in [0.29, 0.717) is 11.9 Å². The molecule has 2 aliphatic rings. The fourth-order valence-electron chi connectivity index (χ4n) is 3.35. The molecule has 0 spiro atoms. The van der Waals surface area contributed by atoms with Gasteiger partial charge in [0.1, 0.15) is 0 Å². The normalized spacial score (nSPS) is 38.1. The fraction of sp³-hybridized carbons (Fsp3) is 0.929. The van der Waals surface area contributed by atoms with E-state index in [1.165, 1.54) is 25.7 Å². The molecule has 2 fully saturated rings. The monoisotopic (exact) mass is 238 g/mol. The van der Waals surface area contributed by atoms with Crippen LogP contribution in [0, 0.1) is 5.92 Å². The third-order valence-corrected chi connectivity index (χ3v) is 4.32. The highest BCUT2D eigenvalue weighted by molar-refractivity contribution is 5.84. The Balaban J connectivity index is 1.96. The number of hydrogen-bond donors (Lipinski definition) is 1. The van der Waals surface area contributed by atoms with Crippen LogP contribution in [0.2, 0.25) is 0 Å². The van der Waals surface area contributed by atoms with Gasteiger partial charge < -0.3 is 4.90 Å². The molecule has 1 saturated heterocycles. The lowest BCUT2D eigenvalue weighted by Gasteiger charge is -2.28. The number of rotatable bonds is 4. The summed E-state index contributed by atoms with van der Waals surface area (Å²) in [4.78, 5) is 14.5. The number of amides is 1. The van der Waals surface area contributed by atoms with Gasteiger partial charge in [-0.15, -0.1) is 0 Å². The molecule has 4 atom stereocenters. The van der Waals surface area contributed by atoms with Crippen molar-refractivity contribution in [3.8, 4) is 0 Å². The minimum atomic E-state index is 0.0841. The Bertz CT molecular complexity index is 279. The van der Waals surface area contributed by atoms with E-state index < -0.39 is 0 Å². The quantitative estimate of drug-likeness (QED) is 0.816. The Morgan fingerprint density at radius 2 is 2.12 bits per heavy atom. The summed E-state index contributed by atoms with van der Waals surface area (Å²) >= 11 is 0. The highest BCUT2D eigenvalue weighted by Gasteiger charge is 2.41. The van der Waals surface area contributed by atoms with Gasteiger partial charge >= 0.3 is 0 Å². The number of unbranched alkanes of at least 4 members (excludes halogenated alkanes) is 1. The molecule has 0 aromatic rings. The van der Waals surface area contributed by atoms with Gasteiger partial charge in [0.05, 0.1) is 12.2 Å². The first-order chi connectivity index (χ1) is 8.13. The van der Waals surface area contributed by atoms with E-state index in [9.17, 15) is 4.79 Å². The smallest absolute Gasteiger partial charge is 0.241 e. The van der Waals surface area contributed by atoms with Crippen LogP contribution in [0.3, 0.4) is 0 Å². The Kier molecular flexibility index (Phi) is 4.08. The standard InChI is InChI=1S/C14H26N2O/c1-4-5-6-13-14(17)16(11(3)15-13)12-8-7-10(2)9-12/h10-13,15H,4-9H2,1-3H3. The second-order valence-corrected chi connectivity index (χ2v) is 5.86. The summed E-state index contributed by atoms with van der Waals surface area (Å²) in [5.41, 5.74) is 0. The van der Waals surface area contributed by atoms with Crippen LogP contribution in [-0.4, -0.2) is 29.1 Å². The predicted octanol–water partition coefficient (Wildman–Crippen LogP) is 2.51. The molecule has 1 amide bonds. The molecule has 2 rings (SSSR count). The molecule has 1 aliphatic heterocycles. The molecule has 0 aromatic carbocycles. The first kappa shape index (κ1) is 12.9. The van der Waals surface area contributed by atoms with Crippen LogP contribution in [0.4, 0.5) is 0 Å². The molecule has 1 heterocycles. The van der Waals surface area contributed by atoms with Crippen LogP contribution in [0.5, 0.6) is 0 Å². The minimum Gasteiger partial charge on any atom is -0.323 e. The van der Waals surface area contributed by atoms with Gasteiger partial charge in [0.25, 0.3) is 0 Å². The third-order valence-electron chi connectivity index (χ3n) is 4.32. The topological polar surface area (TPSA) is 32.3 Å². The summed E-state index contributed by atoms with van der Waals surface area (Å²) in [5.74, 6) is 1.14. The van der Waals surface area contributed by atoms with Crippen LogP contribution >= 0.6 is 0 Å². The lowest BCUT2D eigenvalue weighted by atomic mass is 10.1. The summed E-state index contributed by atoms with van der Waals surface area (Å²) in [5, 5.41) is 3.46. The van der Waals surface area contributed by atoms with Crippen LogP contribution in [0.1, 0.15) is 59.3 Å². The van der Waals surface area contributed by atoms with E-state index in [4.69, 9.17) is 0 Å². The summed E-state index contributed by atoms with van der Waals surface area (Å²) in [6.07, 6.45) is 7.21. The molecular weight excluding hydrogens is 212 g/mol. The van der Waals surface area contributed by atoms with Crippen LogP contribution in [0.25, 0.3) is 0 Å². The highest BCUT2D eigenvalue weighted by Crippen LogP contribution is 2.32. The van der Waals surface area contributed by atoms with Gasteiger partial charge in [-0.25, -0.2) is 0 Å². The Morgan fingerprint density at radius 3 is 2.71 bits per heavy atom. The van der Waals surface area contributed by atoms with Gasteiger partial charge in [-0.05, 0) is 38.5 Å². The van der Waals surface area contributed by atoms with Crippen molar-refractivity contribution >= 4 is 5.91 Å². The van der Waals surface area contributed by atoms with Crippen LogP contribution in [-0.2, 0) is 4.79 Å². The maximum absolute atomic E-state index is 12.4. The first-order valence-corrected chi connectivity index (χ1v) is 7.21. The average molecular weight is 238 g/mol. The van der Waals surface area contributed by atoms with E-state index in [0.717, 1.165) is 18.8 Å². The molecule has 1 saturated carbocycles. The summed E-state index contributed by atoms with van der Waals surface area (Å²) in [6, 6.07) is 0.576. The molecule has 1 N–H and O–H groups in total. The van der Waals surface area contributed by atoms with E-state index in [1.54, 1.807) is 0 Å². The van der Waals surface area contributed by atoms with Crippen molar-refractivity contribution < 1.29 is 4.79 Å². The predicted molar refractivity (Wildman–Crippen MR) is 69.6 cm³/mol. The Hall–Kier alpha value is -0.570. The van der Waals surface area contributed by atoms with Gasteiger partial charge in [0.15, 0.2) is 0 Å². The molecule has 0 aromatic heterocycles. The summed E-state index contributed by atoms with van der Waals surface area (Å²) in [6.45, 7) is 6.61. The lowest BCUT2D eigenvalue weighted by Crippen LogP contribution is -2.41. The second kappa shape index (κ2) is 5.38. The lowest BCUT2D eigenvalue weighted by molar-refractivity contribution is -0.132.